The van der Waals surface area contributed by atoms with E-state index in [4.69, 9.17) is 0 Å². The molecule has 1 aromatic rings. The molecule has 0 aliphatic carbocycles. The molecule has 0 radical (unpaired) electrons. The quantitative estimate of drug-likeness (QED) is 0.229. The molecule has 1 unspecified atom stereocenters. The van der Waals surface area contributed by atoms with Crippen LogP contribution in [0, 0.1) is 0 Å². The normalized spacial score (nSPS) is 19.3. The summed E-state index contributed by atoms with van der Waals surface area (Å²) in [6, 6.07) is 1.98. The van der Waals surface area contributed by atoms with Crippen LogP contribution in [0.2, 0.25) is 0 Å². The van der Waals surface area contributed by atoms with Gasteiger partial charge in [-0.25, -0.2) is 13.4 Å². The number of pyridine rings is 1. The first-order valence-corrected chi connectivity index (χ1v) is 10.0. The topological polar surface area (TPSA) is 95.5 Å². The fourth-order valence-electron chi connectivity index (χ4n) is 2.54. The van der Waals surface area contributed by atoms with Gasteiger partial charge in [0.25, 0.3) is 0 Å². The van der Waals surface area contributed by atoms with Crippen molar-refractivity contribution in [3.63, 3.8) is 0 Å². The fourth-order valence-corrected chi connectivity index (χ4v) is 4.21. The molecular weight excluding hydrogens is 498 g/mol. The molecule has 1 atom stereocenters. The van der Waals surface area contributed by atoms with Crippen molar-refractivity contribution in [3.8, 4) is 0 Å². The van der Waals surface area contributed by atoms with Crippen molar-refractivity contribution in [2.75, 3.05) is 36.5 Å². The summed E-state index contributed by atoms with van der Waals surface area (Å²) in [4.78, 5) is 7.98. The van der Waals surface area contributed by atoms with Crippen LogP contribution >= 0.6 is 24.0 Å². The second-order valence-corrected chi connectivity index (χ2v) is 8.06. The number of rotatable bonds is 6. The Morgan fingerprint density at radius 1 is 1.41 bits per heavy atom. The van der Waals surface area contributed by atoms with E-state index in [2.05, 4.69) is 25.9 Å². The van der Waals surface area contributed by atoms with Crippen LogP contribution in [-0.4, -0.2) is 56.5 Å². The molecule has 1 aromatic heterocycles. The van der Waals surface area contributed by atoms with Gasteiger partial charge in [-0.15, -0.1) is 24.0 Å². The molecule has 2 rings (SSSR count). The van der Waals surface area contributed by atoms with Crippen molar-refractivity contribution in [3.05, 3.63) is 23.9 Å². The van der Waals surface area contributed by atoms with Gasteiger partial charge < -0.3 is 16.0 Å². The number of anilines is 1. The summed E-state index contributed by atoms with van der Waals surface area (Å²) in [5.74, 6) is 0.396. The Hall–Kier alpha value is -1.31. The van der Waals surface area contributed by atoms with E-state index in [0.717, 1.165) is 6.07 Å². The van der Waals surface area contributed by atoms with Gasteiger partial charge in [0, 0.05) is 25.3 Å². The number of hydrogen-bond donors (Lipinski definition) is 3. The Balaban J connectivity index is 0.00000364. The molecule has 3 N–H and O–H groups in total. The van der Waals surface area contributed by atoms with Crippen LogP contribution in [0.15, 0.2) is 23.3 Å². The molecule has 7 nitrogen and oxygen atoms in total. The molecule has 1 aliphatic rings. The van der Waals surface area contributed by atoms with Gasteiger partial charge in [0.15, 0.2) is 15.8 Å². The van der Waals surface area contributed by atoms with E-state index in [9.17, 15) is 21.6 Å². The standard InChI is InChI=1S/C15H22F3N5O2S.HI/c1-2-19-14(23-11-5-9-26(24,25)10-11)22-8-7-21-13-12(15(16,17)18)4-3-6-20-13;/h3-4,6,11H,2,5,7-10H2,1H3,(H,20,21)(H2,19,22,23);1H. The highest BCUT2D eigenvalue weighted by molar-refractivity contribution is 14.0. The van der Waals surface area contributed by atoms with E-state index >= 15 is 0 Å². The van der Waals surface area contributed by atoms with E-state index in [0.29, 0.717) is 18.9 Å². The molecule has 1 fully saturated rings. The predicted octanol–water partition coefficient (Wildman–Crippen LogP) is 1.87. The number of guanidine groups is 1. The van der Waals surface area contributed by atoms with Crippen LogP contribution in [-0.2, 0) is 16.0 Å². The highest BCUT2D eigenvalue weighted by Crippen LogP contribution is 2.33. The lowest BCUT2D eigenvalue weighted by molar-refractivity contribution is -0.137. The smallest absolute Gasteiger partial charge is 0.368 e. The van der Waals surface area contributed by atoms with Gasteiger partial charge in [-0.05, 0) is 25.5 Å². The first kappa shape index (κ1) is 23.7. The van der Waals surface area contributed by atoms with Crippen molar-refractivity contribution in [2.24, 2.45) is 4.99 Å². The van der Waals surface area contributed by atoms with Gasteiger partial charge in [0.1, 0.15) is 5.82 Å². The van der Waals surface area contributed by atoms with Gasteiger partial charge in [0.05, 0.1) is 23.6 Å². The van der Waals surface area contributed by atoms with Crippen LogP contribution in [0.5, 0.6) is 0 Å². The molecule has 0 bridgehead atoms. The minimum atomic E-state index is -4.48. The lowest BCUT2D eigenvalue weighted by atomic mass is 10.2. The summed E-state index contributed by atoms with van der Waals surface area (Å²) >= 11 is 0. The molecule has 1 aliphatic heterocycles. The van der Waals surface area contributed by atoms with Gasteiger partial charge >= 0.3 is 6.18 Å². The monoisotopic (exact) mass is 521 g/mol. The maximum atomic E-state index is 12.9. The molecule has 12 heteroatoms. The van der Waals surface area contributed by atoms with Crippen molar-refractivity contribution in [1.82, 2.24) is 15.6 Å². The molecule has 154 valence electrons. The predicted molar refractivity (Wildman–Crippen MR) is 109 cm³/mol. The molecule has 27 heavy (non-hydrogen) atoms. The lowest BCUT2D eigenvalue weighted by Crippen LogP contribution is -2.44. The van der Waals surface area contributed by atoms with E-state index < -0.39 is 21.6 Å². The Labute approximate surface area is 173 Å². The number of nitrogens with one attached hydrogen (secondary N) is 3. The molecular formula is C15H23F3IN5O2S. The van der Waals surface area contributed by atoms with Crippen molar-refractivity contribution in [2.45, 2.75) is 25.6 Å². The van der Waals surface area contributed by atoms with Gasteiger partial charge in [-0.2, -0.15) is 13.2 Å². The molecule has 0 spiro atoms. The third-order valence-electron chi connectivity index (χ3n) is 3.70. The number of halogens is 4. The number of nitrogens with zero attached hydrogens (tertiary/aromatic N) is 2. The van der Waals surface area contributed by atoms with E-state index in [1.165, 1.54) is 12.3 Å². The van der Waals surface area contributed by atoms with Crippen LogP contribution < -0.4 is 16.0 Å². The Kier molecular flexibility index (Phi) is 9.05. The zero-order valence-corrected chi connectivity index (χ0v) is 17.9. The second kappa shape index (κ2) is 10.3. The Bertz CT molecular complexity index is 743. The Morgan fingerprint density at radius 3 is 2.74 bits per heavy atom. The van der Waals surface area contributed by atoms with Crippen molar-refractivity contribution in [1.29, 1.82) is 0 Å². The molecule has 0 amide bonds. The summed E-state index contributed by atoms with van der Waals surface area (Å²) in [6.07, 6.45) is -2.69. The number of aliphatic imine (C=N–C) groups is 1. The molecule has 0 aromatic carbocycles. The molecule has 2 heterocycles. The fraction of sp³-hybridized carbons (Fsp3) is 0.600. The first-order valence-electron chi connectivity index (χ1n) is 8.22. The third-order valence-corrected chi connectivity index (χ3v) is 5.47. The van der Waals surface area contributed by atoms with Gasteiger partial charge in [-0.3, -0.25) is 4.99 Å². The SMILES string of the molecule is CCNC(=NCCNc1ncccc1C(F)(F)F)NC1CCS(=O)(=O)C1.I. The minimum absolute atomic E-state index is 0. The largest absolute Gasteiger partial charge is 0.419 e. The van der Waals surface area contributed by atoms with Crippen LogP contribution in [0.3, 0.4) is 0 Å². The third kappa shape index (κ3) is 7.68. The first-order chi connectivity index (χ1) is 12.2. The number of aromatic nitrogens is 1. The summed E-state index contributed by atoms with van der Waals surface area (Å²) in [6.45, 7) is 2.80. The van der Waals surface area contributed by atoms with Crippen molar-refractivity contribution >= 4 is 45.6 Å². The summed E-state index contributed by atoms with van der Waals surface area (Å²) in [7, 11) is -3.01. The number of sulfone groups is 1. The summed E-state index contributed by atoms with van der Waals surface area (Å²) in [5.41, 5.74) is -0.829. The van der Waals surface area contributed by atoms with Gasteiger partial charge in [-0.1, -0.05) is 0 Å². The molecule has 1 saturated heterocycles. The summed E-state index contributed by atoms with van der Waals surface area (Å²) in [5, 5.41) is 8.67. The maximum absolute atomic E-state index is 12.9. The van der Waals surface area contributed by atoms with Crippen LogP contribution in [0.4, 0.5) is 19.0 Å². The average Bonchev–Trinajstić information content (AvgIpc) is 2.90. The number of alkyl halides is 3. The zero-order valence-electron chi connectivity index (χ0n) is 14.7. The highest BCUT2D eigenvalue weighted by atomic mass is 127. The highest BCUT2D eigenvalue weighted by Gasteiger charge is 2.34. The second-order valence-electron chi connectivity index (χ2n) is 5.83. The summed E-state index contributed by atoms with van der Waals surface area (Å²) < 4.78 is 61.7. The number of hydrogen-bond acceptors (Lipinski definition) is 5. The average molecular weight is 521 g/mol. The Morgan fingerprint density at radius 2 is 2.15 bits per heavy atom. The van der Waals surface area contributed by atoms with Crippen molar-refractivity contribution < 1.29 is 21.6 Å². The maximum Gasteiger partial charge on any atom is 0.419 e. The zero-order chi connectivity index (χ0) is 19.2. The van der Waals surface area contributed by atoms with Crippen LogP contribution in [0.1, 0.15) is 18.9 Å². The van der Waals surface area contributed by atoms with E-state index in [1.807, 2.05) is 6.92 Å². The van der Waals surface area contributed by atoms with Gasteiger partial charge in [0.2, 0.25) is 0 Å². The minimum Gasteiger partial charge on any atom is -0.368 e. The van der Waals surface area contributed by atoms with E-state index in [1.54, 1.807) is 0 Å². The van der Waals surface area contributed by atoms with E-state index in [-0.39, 0.29) is 60.4 Å². The lowest BCUT2D eigenvalue weighted by Gasteiger charge is -2.16. The van der Waals surface area contributed by atoms with Crippen LogP contribution in [0.25, 0.3) is 0 Å². The molecule has 0 saturated carbocycles.